The first-order valence-electron chi connectivity index (χ1n) is 4.43. The highest BCUT2D eigenvalue weighted by atomic mass is 35.7. The van der Waals surface area contributed by atoms with Gasteiger partial charge in [-0.15, -0.1) is 0 Å². The molecule has 4 heteroatoms. The van der Waals surface area contributed by atoms with Gasteiger partial charge in [-0.3, -0.25) is 0 Å². The van der Waals surface area contributed by atoms with Crippen molar-refractivity contribution in [3.05, 3.63) is 34.9 Å². The predicted molar refractivity (Wildman–Crippen MR) is 59.0 cm³/mol. The zero-order valence-electron chi connectivity index (χ0n) is 8.25. The lowest BCUT2D eigenvalue weighted by Crippen LogP contribution is -1.99. The van der Waals surface area contributed by atoms with Crippen LogP contribution in [0.4, 0.5) is 0 Å². The maximum atomic E-state index is 10.9. The van der Waals surface area contributed by atoms with Crippen molar-refractivity contribution in [3.8, 4) is 0 Å². The Morgan fingerprint density at radius 2 is 1.93 bits per heavy atom. The third kappa shape index (κ3) is 3.31. The van der Waals surface area contributed by atoms with Crippen molar-refractivity contribution in [3.63, 3.8) is 0 Å². The van der Waals surface area contributed by atoms with Gasteiger partial charge in [0.05, 0.1) is 5.75 Å². The second-order valence-corrected chi connectivity index (χ2v) is 6.09. The van der Waals surface area contributed by atoms with Gasteiger partial charge in [0.1, 0.15) is 0 Å². The van der Waals surface area contributed by atoms with Crippen LogP contribution in [0.5, 0.6) is 0 Å². The Morgan fingerprint density at radius 1 is 1.29 bits per heavy atom. The van der Waals surface area contributed by atoms with E-state index in [0.29, 0.717) is 0 Å². The molecule has 0 N–H and O–H groups in total. The van der Waals surface area contributed by atoms with Crippen LogP contribution in [-0.2, 0) is 21.2 Å². The van der Waals surface area contributed by atoms with E-state index < -0.39 is 9.05 Å². The normalized spacial score (nSPS) is 11.6. The fourth-order valence-electron chi connectivity index (χ4n) is 1.42. The summed E-state index contributed by atoms with van der Waals surface area (Å²) in [6, 6.07) is 5.80. The smallest absolute Gasteiger partial charge is 0.212 e. The van der Waals surface area contributed by atoms with Gasteiger partial charge in [-0.1, -0.05) is 30.7 Å². The highest BCUT2D eigenvalue weighted by molar-refractivity contribution is 8.13. The van der Waals surface area contributed by atoms with E-state index in [1.807, 2.05) is 32.0 Å². The maximum Gasteiger partial charge on any atom is 0.236 e. The fraction of sp³-hybridized carbons (Fsp3) is 0.400. The van der Waals surface area contributed by atoms with Gasteiger partial charge in [-0.2, -0.15) is 0 Å². The molecule has 0 radical (unpaired) electrons. The highest BCUT2D eigenvalue weighted by Crippen LogP contribution is 2.17. The molecule has 0 aromatic heterocycles. The van der Waals surface area contributed by atoms with Crippen molar-refractivity contribution >= 4 is 19.7 Å². The van der Waals surface area contributed by atoms with Crippen molar-refractivity contribution in [2.24, 2.45) is 0 Å². The van der Waals surface area contributed by atoms with Gasteiger partial charge in [0, 0.05) is 10.7 Å². The summed E-state index contributed by atoms with van der Waals surface area (Å²) in [5.41, 5.74) is 2.90. The van der Waals surface area contributed by atoms with Crippen LogP contribution in [0, 0.1) is 6.92 Å². The standard InChI is InChI=1S/C10H13ClO2S/c1-3-9-5-4-8(2)6-10(9)7-14(11,12)13/h4-6H,3,7H2,1-2H3. The van der Waals surface area contributed by atoms with Gasteiger partial charge in [-0.05, 0) is 24.5 Å². The summed E-state index contributed by atoms with van der Waals surface area (Å²) in [7, 11) is 1.77. The van der Waals surface area contributed by atoms with Crippen LogP contribution in [0.15, 0.2) is 18.2 Å². The minimum atomic E-state index is -3.45. The largest absolute Gasteiger partial charge is 0.236 e. The molecule has 78 valence electrons. The van der Waals surface area contributed by atoms with Gasteiger partial charge in [-0.25, -0.2) is 8.42 Å². The third-order valence-electron chi connectivity index (χ3n) is 2.07. The van der Waals surface area contributed by atoms with Gasteiger partial charge in [0.2, 0.25) is 9.05 Å². The Bertz CT molecular complexity index is 424. The Kier molecular flexibility index (Phi) is 3.56. The van der Waals surface area contributed by atoms with Crippen LogP contribution >= 0.6 is 10.7 Å². The second-order valence-electron chi connectivity index (χ2n) is 3.31. The lowest BCUT2D eigenvalue weighted by Gasteiger charge is -2.06. The molecule has 0 heterocycles. The maximum absolute atomic E-state index is 10.9. The average molecular weight is 233 g/mol. The molecule has 0 aliphatic carbocycles. The molecule has 0 aliphatic heterocycles. The van der Waals surface area contributed by atoms with E-state index in [1.165, 1.54) is 0 Å². The Balaban J connectivity index is 3.11. The van der Waals surface area contributed by atoms with Crippen molar-refractivity contribution in [1.29, 1.82) is 0 Å². The monoisotopic (exact) mass is 232 g/mol. The van der Waals surface area contributed by atoms with Crippen molar-refractivity contribution in [2.45, 2.75) is 26.0 Å². The van der Waals surface area contributed by atoms with Crippen molar-refractivity contribution < 1.29 is 8.42 Å². The summed E-state index contributed by atoms with van der Waals surface area (Å²) in [5.74, 6) is -0.0839. The first-order chi connectivity index (χ1) is 6.42. The van der Waals surface area contributed by atoms with Gasteiger partial charge in [0.25, 0.3) is 0 Å². The Hall–Kier alpha value is -0.540. The molecule has 0 spiro atoms. The number of halogens is 1. The summed E-state index contributed by atoms with van der Waals surface area (Å²) in [5, 5.41) is 0. The van der Waals surface area contributed by atoms with E-state index in [1.54, 1.807) is 0 Å². The summed E-state index contributed by atoms with van der Waals surface area (Å²) in [6.07, 6.45) is 0.821. The summed E-state index contributed by atoms with van der Waals surface area (Å²) in [6.45, 7) is 3.93. The highest BCUT2D eigenvalue weighted by Gasteiger charge is 2.10. The summed E-state index contributed by atoms with van der Waals surface area (Å²) >= 11 is 0. The van der Waals surface area contributed by atoms with Crippen LogP contribution in [0.25, 0.3) is 0 Å². The van der Waals surface area contributed by atoms with Crippen LogP contribution in [0.3, 0.4) is 0 Å². The lowest BCUT2D eigenvalue weighted by atomic mass is 10.0. The number of benzene rings is 1. The summed E-state index contributed by atoms with van der Waals surface area (Å²) in [4.78, 5) is 0. The number of hydrogen-bond acceptors (Lipinski definition) is 2. The number of rotatable bonds is 3. The molecule has 14 heavy (non-hydrogen) atoms. The van der Waals surface area contributed by atoms with E-state index in [2.05, 4.69) is 0 Å². The zero-order valence-corrected chi connectivity index (χ0v) is 9.82. The molecular weight excluding hydrogens is 220 g/mol. The van der Waals surface area contributed by atoms with E-state index in [0.717, 1.165) is 23.1 Å². The molecule has 0 bridgehead atoms. The van der Waals surface area contributed by atoms with Crippen LogP contribution in [-0.4, -0.2) is 8.42 Å². The Labute approximate surface area is 89.3 Å². The SMILES string of the molecule is CCc1ccc(C)cc1CS(=O)(=O)Cl. The number of hydrogen-bond donors (Lipinski definition) is 0. The second kappa shape index (κ2) is 4.32. The fourth-order valence-corrected chi connectivity index (χ4v) is 2.41. The molecule has 0 aliphatic rings. The van der Waals surface area contributed by atoms with E-state index in [9.17, 15) is 8.42 Å². The minimum absolute atomic E-state index is 0.0839. The number of aryl methyl sites for hydroxylation is 2. The minimum Gasteiger partial charge on any atom is -0.212 e. The Morgan fingerprint density at radius 3 is 2.43 bits per heavy atom. The molecule has 0 amide bonds. The van der Waals surface area contributed by atoms with Crippen LogP contribution < -0.4 is 0 Å². The summed E-state index contributed by atoms with van der Waals surface area (Å²) < 4.78 is 21.9. The quantitative estimate of drug-likeness (QED) is 0.751. The van der Waals surface area contributed by atoms with Gasteiger partial charge < -0.3 is 0 Å². The molecule has 1 rings (SSSR count). The molecule has 0 saturated heterocycles. The molecule has 0 saturated carbocycles. The van der Waals surface area contributed by atoms with Gasteiger partial charge in [0.15, 0.2) is 0 Å². The third-order valence-corrected chi connectivity index (χ3v) is 3.05. The molecule has 1 aromatic rings. The van der Waals surface area contributed by atoms with Gasteiger partial charge >= 0.3 is 0 Å². The first kappa shape index (κ1) is 11.5. The van der Waals surface area contributed by atoms with E-state index >= 15 is 0 Å². The van der Waals surface area contributed by atoms with Crippen LogP contribution in [0.2, 0.25) is 0 Å². The average Bonchev–Trinajstić information content (AvgIpc) is 2.01. The first-order valence-corrected chi connectivity index (χ1v) is 6.91. The molecule has 2 nitrogen and oxygen atoms in total. The van der Waals surface area contributed by atoms with Crippen LogP contribution in [0.1, 0.15) is 23.6 Å². The molecule has 0 fully saturated rings. The topological polar surface area (TPSA) is 34.1 Å². The van der Waals surface area contributed by atoms with E-state index in [-0.39, 0.29) is 5.75 Å². The molecule has 0 atom stereocenters. The molecule has 0 unspecified atom stereocenters. The lowest BCUT2D eigenvalue weighted by molar-refractivity contribution is 0.608. The van der Waals surface area contributed by atoms with E-state index in [4.69, 9.17) is 10.7 Å². The molecular formula is C10H13ClO2S. The van der Waals surface area contributed by atoms with Crippen molar-refractivity contribution in [2.75, 3.05) is 0 Å². The molecule has 1 aromatic carbocycles. The zero-order chi connectivity index (χ0) is 10.8. The van der Waals surface area contributed by atoms with Crippen molar-refractivity contribution in [1.82, 2.24) is 0 Å². The predicted octanol–water partition coefficient (Wildman–Crippen LogP) is 2.63.